The Hall–Kier alpha value is -2.79. The highest BCUT2D eigenvalue weighted by molar-refractivity contribution is 7.89. The minimum Gasteiger partial charge on any atom is -0.406 e. The summed E-state index contributed by atoms with van der Waals surface area (Å²) >= 11 is 0. The quantitative estimate of drug-likeness (QED) is 0.691. The molecule has 0 aromatic heterocycles. The van der Waals surface area contributed by atoms with Crippen molar-refractivity contribution in [1.82, 2.24) is 9.21 Å². The van der Waals surface area contributed by atoms with Crippen molar-refractivity contribution in [3.05, 3.63) is 54.1 Å². The van der Waals surface area contributed by atoms with Crippen molar-refractivity contribution in [2.45, 2.75) is 11.3 Å². The van der Waals surface area contributed by atoms with Crippen molar-refractivity contribution in [1.29, 1.82) is 0 Å². The molecule has 1 aliphatic rings. The van der Waals surface area contributed by atoms with Gasteiger partial charge in [-0.1, -0.05) is 0 Å². The van der Waals surface area contributed by atoms with E-state index in [4.69, 9.17) is 0 Å². The van der Waals surface area contributed by atoms with E-state index in [1.54, 1.807) is 17.0 Å². The summed E-state index contributed by atoms with van der Waals surface area (Å²) in [6.07, 6.45) is -4.85. The van der Waals surface area contributed by atoms with E-state index in [-0.39, 0.29) is 37.0 Å². The molecule has 2 aromatic rings. The number of hydrogen-bond acceptors (Lipinski definition) is 5. The molecule has 0 bridgehead atoms. The normalized spacial score (nSPS) is 15.6. The third-order valence-electron chi connectivity index (χ3n) is 4.85. The van der Waals surface area contributed by atoms with Crippen LogP contribution in [-0.2, 0) is 10.0 Å². The fourth-order valence-electron chi connectivity index (χ4n) is 3.18. The first kappa shape index (κ1) is 22.9. The summed E-state index contributed by atoms with van der Waals surface area (Å²) in [7, 11) is -0.106. The van der Waals surface area contributed by atoms with Crippen molar-refractivity contribution >= 4 is 21.6 Å². The van der Waals surface area contributed by atoms with Gasteiger partial charge in [0, 0.05) is 51.5 Å². The molecule has 0 spiro atoms. The zero-order valence-corrected chi connectivity index (χ0v) is 17.8. The number of alkyl halides is 3. The molecule has 0 aliphatic carbocycles. The molecule has 1 heterocycles. The lowest BCUT2D eigenvalue weighted by Gasteiger charge is -2.34. The van der Waals surface area contributed by atoms with Gasteiger partial charge in [0.15, 0.2) is 0 Å². The van der Waals surface area contributed by atoms with Gasteiger partial charge >= 0.3 is 6.36 Å². The van der Waals surface area contributed by atoms with Crippen LogP contribution in [0.4, 0.5) is 18.9 Å². The van der Waals surface area contributed by atoms with Gasteiger partial charge in [-0.05, 0) is 48.5 Å². The van der Waals surface area contributed by atoms with Crippen molar-refractivity contribution in [2.24, 2.45) is 0 Å². The molecule has 0 atom stereocenters. The van der Waals surface area contributed by atoms with Crippen LogP contribution in [0.1, 0.15) is 10.4 Å². The second kappa shape index (κ2) is 8.75. The van der Waals surface area contributed by atoms with E-state index in [1.807, 2.05) is 31.1 Å². The number of ether oxygens (including phenoxy) is 1. The molecule has 1 saturated heterocycles. The van der Waals surface area contributed by atoms with Crippen molar-refractivity contribution in [3.8, 4) is 5.75 Å². The Morgan fingerprint density at radius 1 is 0.935 bits per heavy atom. The van der Waals surface area contributed by atoms with Crippen LogP contribution in [0, 0.1) is 0 Å². The number of carbonyl (C=O) groups excluding carboxylic acids is 1. The summed E-state index contributed by atoms with van der Waals surface area (Å²) < 4.78 is 67.3. The standard InChI is InChI=1S/C20H22F3N3O4S/c1-24(2)16-5-3-15(4-6-16)19(27)25-11-13-26(14-12-25)31(28,29)18-9-7-17(8-10-18)30-20(21,22)23/h3-10H,11-14H2,1-2H3. The van der Waals surface area contributed by atoms with E-state index in [2.05, 4.69) is 4.74 Å². The van der Waals surface area contributed by atoms with Crippen LogP contribution in [0.2, 0.25) is 0 Å². The minimum absolute atomic E-state index is 0.0880. The van der Waals surface area contributed by atoms with Gasteiger partial charge < -0.3 is 14.5 Å². The number of nitrogens with zero attached hydrogens (tertiary/aromatic N) is 3. The number of piperazine rings is 1. The molecule has 1 fully saturated rings. The Balaban J connectivity index is 1.63. The van der Waals surface area contributed by atoms with Gasteiger partial charge in [0.05, 0.1) is 4.90 Å². The fraction of sp³-hybridized carbons (Fsp3) is 0.350. The molecule has 0 N–H and O–H groups in total. The monoisotopic (exact) mass is 457 g/mol. The molecule has 0 radical (unpaired) electrons. The number of benzene rings is 2. The van der Waals surface area contributed by atoms with E-state index in [9.17, 15) is 26.4 Å². The molecule has 1 amide bonds. The molecule has 11 heteroatoms. The maximum atomic E-state index is 12.8. The van der Waals surface area contributed by atoms with E-state index in [0.29, 0.717) is 5.56 Å². The molecule has 0 saturated carbocycles. The summed E-state index contributed by atoms with van der Waals surface area (Å²) in [5.74, 6) is -0.682. The zero-order chi connectivity index (χ0) is 22.8. The molecule has 2 aromatic carbocycles. The number of halogens is 3. The highest BCUT2D eigenvalue weighted by Gasteiger charge is 2.32. The number of sulfonamides is 1. The number of rotatable bonds is 5. The van der Waals surface area contributed by atoms with E-state index < -0.39 is 22.1 Å². The number of carbonyl (C=O) groups is 1. The summed E-state index contributed by atoms with van der Waals surface area (Å²) in [5.41, 5.74) is 1.47. The summed E-state index contributed by atoms with van der Waals surface area (Å²) in [6, 6.07) is 11.2. The number of hydrogen-bond donors (Lipinski definition) is 0. The van der Waals surface area contributed by atoms with Crippen molar-refractivity contribution in [2.75, 3.05) is 45.2 Å². The van der Waals surface area contributed by atoms with Gasteiger partial charge in [-0.3, -0.25) is 4.79 Å². The first-order valence-corrected chi connectivity index (χ1v) is 10.8. The summed E-state index contributed by atoms with van der Waals surface area (Å²) in [6.45, 7) is 0.598. The molecular formula is C20H22F3N3O4S. The Labute approximate surface area is 178 Å². The Morgan fingerprint density at radius 2 is 1.48 bits per heavy atom. The lowest BCUT2D eigenvalue weighted by Crippen LogP contribution is -2.50. The minimum atomic E-state index is -4.85. The number of amides is 1. The Morgan fingerprint density at radius 3 is 1.97 bits per heavy atom. The van der Waals surface area contributed by atoms with E-state index >= 15 is 0 Å². The highest BCUT2D eigenvalue weighted by Crippen LogP contribution is 2.25. The third kappa shape index (κ3) is 5.47. The van der Waals surface area contributed by atoms with Crippen LogP contribution < -0.4 is 9.64 Å². The van der Waals surface area contributed by atoms with Gasteiger partial charge in [-0.15, -0.1) is 13.2 Å². The van der Waals surface area contributed by atoms with Crippen LogP contribution in [0.25, 0.3) is 0 Å². The average molecular weight is 457 g/mol. The lowest BCUT2D eigenvalue weighted by atomic mass is 10.1. The van der Waals surface area contributed by atoms with E-state index in [0.717, 1.165) is 30.0 Å². The maximum Gasteiger partial charge on any atom is 0.573 e. The lowest BCUT2D eigenvalue weighted by molar-refractivity contribution is -0.274. The third-order valence-corrected chi connectivity index (χ3v) is 6.76. The van der Waals surface area contributed by atoms with Crippen LogP contribution in [0.15, 0.2) is 53.4 Å². The van der Waals surface area contributed by atoms with Gasteiger partial charge in [0.1, 0.15) is 5.75 Å². The fourth-order valence-corrected chi connectivity index (χ4v) is 4.60. The van der Waals surface area contributed by atoms with Crippen LogP contribution in [0.3, 0.4) is 0 Å². The van der Waals surface area contributed by atoms with E-state index in [1.165, 1.54) is 4.31 Å². The summed E-state index contributed by atoms with van der Waals surface area (Å²) in [4.78, 5) is 16.1. The largest absolute Gasteiger partial charge is 0.573 e. The Bertz CT molecular complexity index is 1020. The molecule has 168 valence electrons. The molecule has 3 rings (SSSR count). The van der Waals surface area contributed by atoms with Crippen LogP contribution >= 0.6 is 0 Å². The second-order valence-electron chi connectivity index (χ2n) is 7.16. The maximum absolute atomic E-state index is 12.8. The SMILES string of the molecule is CN(C)c1ccc(C(=O)N2CCN(S(=O)(=O)c3ccc(OC(F)(F)F)cc3)CC2)cc1. The van der Waals surface area contributed by atoms with Gasteiger partial charge in [0.25, 0.3) is 5.91 Å². The highest BCUT2D eigenvalue weighted by atomic mass is 32.2. The Kier molecular flexibility index (Phi) is 6.46. The molecule has 7 nitrogen and oxygen atoms in total. The van der Waals surface area contributed by atoms with Crippen LogP contribution in [0.5, 0.6) is 5.75 Å². The van der Waals surface area contributed by atoms with Crippen LogP contribution in [-0.4, -0.2) is 70.2 Å². The average Bonchev–Trinajstić information content (AvgIpc) is 2.72. The topological polar surface area (TPSA) is 70.2 Å². The smallest absolute Gasteiger partial charge is 0.406 e. The molecule has 1 aliphatic heterocycles. The summed E-state index contributed by atoms with van der Waals surface area (Å²) in [5, 5.41) is 0. The molecule has 0 unspecified atom stereocenters. The van der Waals surface area contributed by atoms with Gasteiger partial charge in [-0.25, -0.2) is 8.42 Å². The molecule has 31 heavy (non-hydrogen) atoms. The second-order valence-corrected chi connectivity index (χ2v) is 9.09. The van der Waals surface area contributed by atoms with Crippen molar-refractivity contribution < 1.29 is 31.1 Å². The first-order valence-electron chi connectivity index (χ1n) is 9.40. The zero-order valence-electron chi connectivity index (χ0n) is 17.0. The first-order chi connectivity index (χ1) is 14.5. The van der Waals surface area contributed by atoms with Gasteiger partial charge in [-0.2, -0.15) is 4.31 Å². The number of anilines is 1. The predicted molar refractivity (Wildman–Crippen MR) is 109 cm³/mol. The predicted octanol–water partition coefficient (Wildman–Crippen LogP) is 2.80. The van der Waals surface area contributed by atoms with Crippen molar-refractivity contribution in [3.63, 3.8) is 0 Å². The molecular weight excluding hydrogens is 435 g/mol. The van der Waals surface area contributed by atoms with Gasteiger partial charge in [0.2, 0.25) is 10.0 Å².